The van der Waals surface area contributed by atoms with Crippen molar-refractivity contribution in [2.75, 3.05) is 10.7 Å². The van der Waals surface area contributed by atoms with Crippen molar-refractivity contribution in [1.29, 1.82) is 0 Å². The molecule has 0 amide bonds. The number of halogens is 2. The first-order valence-corrected chi connectivity index (χ1v) is 10.5. The highest BCUT2D eigenvalue weighted by Gasteiger charge is 2.12. The van der Waals surface area contributed by atoms with E-state index in [4.69, 9.17) is 9.47 Å². The van der Waals surface area contributed by atoms with E-state index in [1.165, 1.54) is 0 Å². The molecule has 0 atom stereocenters. The zero-order valence-electron chi connectivity index (χ0n) is 14.3. The predicted octanol–water partition coefficient (Wildman–Crippen LogP) is 5.01. The Bertz CT molecular complexity index is 683. The smallest absolute Gasteiger partial charge is 0.306 e. The molecule has 0 aliphatic rings. The second-order valence-electron chi connectivity index (χ2n) is 5.51. The van der Waals surface area contributed by atoms with Crippen LogP contribution >= 0.6 is 31.9 Å². The van der Waals surface area contributed by atoms with Crippen LogP contribution in [0.25, 0.3) is 11.1 Å². The van der Waals surface area contributed by atoms with Crippen molar-refractivity contribution in [1.82, 2.24) is 0 Å². The first-order chi connectivity index (χ1) is 12.7. The Labute approximate surface area is 170 Å². The van der Waals surface area contributed by atoms with Gasteiger partial charge in [-0.15, -0.1) is 0 Å². The Morgan fingerprint density at radius 1 is 0.692 bits per heavy atom. The van der Waals surface area contributed by atoms with Crippen LogP contribution in [0.2, 0.25) is 0 Å². The molecule has 0 spiro atoms. The lowest BCUT2D eigenvalue weighted by atomic mass is 9.96. The summed E-state index contributed by atoms with van der Waals surface area (Å²) in [6.07, 6.45) is 0.671. The van der Waals surface area contributed by atoms with Crippen molar-refractivity contribution in [3.8, 4) is 11.1 Å². The molecule has 0 aromatic heterocycles. The molecule has 0 bridgehead atoms. The monoisotopic (exact) mass is 482 g/mol. The van der Waals surface area contributed by atoms with Gasteiger partial charge in [0.05, 0.1) is 12.8 Å². The molecule has 0 aliphatic heterocycles. The maximum absolute atomic E-state index is 11.7. The number of carbonyl (C=O) groups is 2. The Hall–Kier alpha value is -1.66. The van der Waals surface area contributed by atoms with E-state index in [9.17, 15) is 9.59 Å². The minimum atomic E-state index is -0.242. The number of carbonyl (C=O) groups excluding carboxylic acids is 2. The lowest BCUT2D eigenvalue weighted by Gasteiger charge is -2.14. The normalized spacial score (nSPS) is 10.4. The summed E-state index contributed by atoms with van der Waals surface area (Å²) in [5.41, 5.74) is 3.75. The summed E-state index contributed by atoms with van der Waals surface area (Å²) < 4.78 is 10.7. The van der Waals surface area contributed by atoms with Crippen LogP contribution in [-0.2, 0) is 32.3 Å². The maximum Gasteiger partial charge on any atom is 0.306 e. The van der Waals surface area contributed by atoms with Gasteiger partial charge < -0.3 is 9.47 Å². The zero-order chi connectivity index (χ0) is 18.8. The molecule has 2 aromatic carbocycles. The van der Waals surface area contributed by atoms with Gasteiger partial charge in [0.25, 0.3) is 0 Å². The summed E-state index contributed by atoms with van der Waals surface area (Å²) >= 11 is 6.46. The predicted molar refractivity (Wildman–Crippen MR) is 108 cm³/mol. The van der Waals surface area contributed by atoms with Crippen molar-refractivity contribution in [2.45, 2.75) is 26.1 Å². The highest BCUT2D eigenvalue weighted by Crippen LogP contribution is 2.28. The molecule has 0 N–H and O–H groups in total. The fourth-order valence-corrected chi connectivity index (χ4v) is 3.08. The second-order valence-corrected chi connectivity index (χ2v) is 7.10. The summed E-state index contributed by atoms with van der Waals surface area (Å²) in [5.74, 6) is -0.484. The number of rotatable bonds is 9. The molecule has 0 radical (unpaired) electrons. The largest absolute Gasteiger partial charge is 0.461 e. The minimum Gasteiger partial charge on any atom is -0.461 e. The molecule has 0 saturated heterocycles. The molecule has 0 saturated carbocycles. The Morgan fingerprint density at radius 2 is 1.08 bits per heavy atom. The van der Waals surface area contributed by atoms with Crippen molar-refractivity contribution in [2.24, 2.45) is 0 Å². The summed E-state index contributed by atoms with van der Waals surface area (Å²) in [7, 11) is 0. The van der Waals surface area contributed by atoms with Crippen LogP contribution < -0.4 is 0 Å². The fourth-order valence-electron chi connectivity index (χ4n) is 2.43. The molecule has 0 fully saturated rings. The third kappa shape index (κ3) is 6.25. The molecular formula is C20H20Br2O4. The maximum atomic E-state index is 11.7. The van der Waals surface area contributed by atoms with E-state index in [0.717, 1.165) is 22.3 Å². The van der Waals surface area contributed by atoms with Crippen molar-refractivity contribution < 1.29 is 19.1 Å². The average molecular weight is 484 g/mol. The van der Waals surface area contributed by atoms with Gasteiger partial charge in [-0.05, 0) is 22.3 Å². The molecule has 2 rings (SSSR count). The van der Waals surface area contributed by atoms with Gasteiger partial charge in [-0.25, -0.2) is 0 Å². The summed E-state index contributed by atoms with van der Waals surface area (Å²) in [6, 6.07) is 15.5. The van der Waals surface area contributed by atoms with Gasteiger partial charge in [0, 0.05) is 10.7 Å². The lowest BCUT2D eigenvalue weighted by Crippen LogP contribution is -2.07. The highest BCUT2D eigenvalue weighted by molar-refractivity contribution is 9.09. The van der Waals surface area contributed by atoms with E-state index in [1.807, 2.05) is 48.5 Å². The summed E-state index contributed by atoms with van der Waals surface area (Å²) in [6.45, 7) is 0.416. The van der Waals surface area contributed by atoms with Gasteiger partial charge in [0.15, 0.2) is 0 Å². The quantitative estimate of drug-likeness (QED) is 0.371. The first-order valence-electron chi connectivity index (χ1n) is 8.25. The van der Waals surface area contributed by atoms with Gasteiger partial charge in [-0.2, -0.15) is 0 Å². The molecule has 0 aliphatic carbocycles. The van der Waals surface area contributed by atoms with Crippen LogP contribution in [0.15, 0.2) is 48.5 Å². The zero-order valence-corrected chi connectivity index (χ0v) is 17.4. The first kappa shape index (κ1) is 20.6. The van der Waals surface area contributed by atoms with E-state index in [-0.39, 0.29) is 25.2 Å². The second kappa shape index (κ2) is 11.1. The van der Waals surface area contributed by atoms with Gasteiger partial charge in [-0.1, -0.05) is 80.4 Å². The molecule has 4 nitrogen and oxygen atoms in total. The van der Waals surface area contributed by atoms with E-state index < -0.39 is 0 Å². The Balaban J connectivity index is 2.20. The SMILES string of the molecule is O=C(CCBr)OCc1ccccc1-c1ccccc1COC(=O)CCBr. The van der Waals surface area contributed by atoms with E-state index in [2.05, 4.69) is 31.9 Å². The van der Waals surface area contributed by atoms with E-state index in [0.29, 0.717) is 23.5 Å². The van der Waals surface area contributed by atoms with Gasteiger partial charge >= 0.3 is 11.9 Å². The Kier molecular flexibility index (Phi) is 8.85. The van der Waals surface area contributed by atoms with Crippen LogP contribution in [0, 0.1) is 0 Å². The minimum absolute atomic E-state index is 0.208. The van der Waals surface area contributed by atoms with Crippen molar-refractivity contribution in [3.05, 3.63) is 59.7 Å². The van der Waals surface area contributed by atoms with Gasteiger partial charge in [0.1, 0.15) is 13.2 Å². The fraction of sp³-hybridized carbons (Fsp3) is 0.300. The topological polar surface area (TPSA) is 52.6 Å². The summed E-state index contributed by atoms with van der Waals surface area (Å²) in [5, 5.41) is 1.16. The molecule has 0 unspecified atom stereocenters. The molecule has 2 aromatic rings. The highest BCUT2D eigenvalue weighted by atomic mass is 79.9. The molecule has 0 heterocycles. The van der Waals surface area contributed by atoms with E-state index in [1.54, 1.807) is 0 Å². The third-order valence-electron chi connectivity index (χ3n) is 3.70. The number of hydrogen-bond acceptors (Lipinski definition) is 4. The van der Waals surface area contributed by atoms with Crippen molar-refractivity contribution in [3.63, 3.8) is 0 Å². The van der Waals surface area contributed by atoms with Crippen LogP contribution in [0.1, 0.15) is 24.0 Å². The van der Waals surface area contributed by atoms with Crippen LogP contribution in [0.4, 0.5) is 0 Å². The van der Waals surface area contributed by atoms with E-state index >= 15 is 0 Å². The third-order valence-corrected chi connectivity index (χ3v) is 4.49. The van der Waals surface area contributed by atoms with Gasteiger partial charge in [0.2, 0.25) is 0 Å². The number of hydrogen-bond donors (Lipinski definition) is 0. The number of ether oxygens (including phenoxy) is 2. The van der Waals surface area contributed by atoms with Crippen LogP contribution in [-0.4, -0.2) is 22.6 Å². The Morgan fingerprint density at radius 3 is 1.46 bits per heavy atom. The van der Waals surface area contributed by atoms with Crippen LogP contribution in [0.5, 0.6) is 0 Å². The average Bonchev–Trinajstić information content (AvgIpc) is 2.66. The van der Waals surface area contributed by atoms with Crippen molar-refractivity contribution >= 4 is 43.8 Å². The number of esters is 2. The lowest BCUT2D eigenvalue weighted by molar-refractivity contribution is -0.145. The molecule has 138 valence electrons. The number of benzene rings is 2. The number of alkyl halides is 2. The molecule has 26 heavy (non-hydrogen) atoms. The standard InChI is InChI=1S/C20H20Br2O4/c21-11-9-19(23)25-13-15-5-1-3-7-17(15)18-8-4-2-6-16(18)14-26-20(24)10-12-22/h1-8H,9-14H2. The van der Waals surface area contributed by atoms with Gasteiger partial charge in [-0.3, -0.25) is 9.59 Å². The summed E-state index contributed by atoms with van der Waals surface area (Å²) in [4.78, 5) is 23.3. The molecular weight excluding hydrogens is 464 g/mol. The molecule has 6 heteroatoms. The van der Waals surface area contributed by atoms with Crippen LogP contribution in [0.3, 0.4) is 0 Å².